The summed E-state index contributed by atoms with van der Waals surface area (Å²) in [6.45, 7) is 0.434. The van der Waals surface area contributed by atoms with Crippen LogP contribution in [-0.2, 0) is 22.8 Å². The summed E-state index contributed by atoms with van der Waals surface area (Å²) in [4.78, 5) is 39.8. The minimum atomic E-state index is -0.862. The first kappa shape index (κ1) is 30.2. The van der Waals surface area contributed by atoms with Crippen molar-refractivity contribution >= 4 is 68.7 Å². The van der Waals surface area contributed by atoms with Crippen LogP contribution < -0.4 is 24.4 Å². The number of halogens is 3. The van der Waals surface area contributed by atoms with Crippen LogP contribution in [0.5, 0.6) is 17.2 Å². The Kier molecular flexibility index (Phi) is 9.35. The van der Waals surface area contributed by atoms with Gasteiger partial charge in [-0.1, -0.05) is 59.6 Å². The van der Waals surface area contributed by atoms with E-state index < -0.39 is 17.8 Å². The number of carbonyl (C=O) groups excluding carboxylic acids is 3. The molecule has 1 fully saturated rings. The molecule has 1 aliphatic heterocycles. The van der Waals surface area contributed by atoms with Crippen LogP contribution in [0.4, 0.5) is 10.5 Å². The second-order valence-electron chi connectivity index (χ2n) is 9.25. The Hall–Kier alpha value is -4.31. The number of ether oxygens (including phenoxy) is 3. The number of carbonyl (C=O) groups is 3. The van der Waals surface area contributed by atoms with Gasteiger partial charge in [-0.2, -0.15) is 0 Å². The van der Waals surface area contributed by atoms with Crippen molar-refractivity contribution in [2.24, 2.45) is 0 Å². The number of nitrogens with one attached hydrogen (secondary N) is 1. The summed E-state index contributed by atoms with van der Waals surface area (Å²) in [7, 11) is 1.47. The summed E-state index contributed by atoms with van der Waals surface area (Å²) in [6.07, 6.45) is 1.38. The minimum absolute atomic E-state index is 0.191. The molecule has 4 aromatic carbocycles. The van der Waals surface area contributed by atoms with Crippen molar-refractivity contribution in [1.82, 2.24) is 5.32 Å². The number of rotatable bonds is 9. The van der Waals surface area contributed by atoms with Gasteiger partial charge in [0.15, 0.2) is 11.5 Å². The van der Waals surface area contributed by atoms with Crippen LogP contribution in [0, 0.1) is 0 Å². The second kappa shape index (κ2) is 13.3. The summed E-state index contributed by atoms with van der Waals surface area (Å²) in [5.74, 6) is -0.322. The standard InChI is InChI=1S/C32H23BrCl2N2O6/c1-41-28-16-19(15-25(33)29(28)43-18-21-7-3-5-9-27(21)35)14-24-30(38)36-32(40)37(31(24)39)22-10-12-23(13-11-22)42-17-20-6-2-4-8-26(20)34/h2-16H,17-18H2,1H3,(H,36,38,40)/b24-14+. The highest BCUT2D eigenvalue weighted by atomic mass is 79.9. The topological polar surface area (TPSA) is 94.2 Å². The van der Waals surface area contributed by atoms with Gasteiger partial charge in [0.25, 0.3) is 11.8 Å². The maximum atomic E-state index is 13.4. The molecule has 4 aromatic rings. The number of imide groups is 2. The van der Waals surface area contributed by atoms with E-state index in [4.69, 9.17) is 37.4 Å². The number of hydrogen-bond acceptors (Lipinski definition) is 6. The second-order valence-corrected chi connectivity index (χ2v) is 10.9. The highest BCUT2D eigenvalue weighted by Gasteiger charge is 2.37. The molecule has 0 aromatic heterocycles. The van der Waals surface area contributed by atoms with E-state index in [1.54, 1.807) is 48.5 Å². The lowest BCUT2D eigenvalue weighted by Crippen LogP contribution is -2.54. The van der Waals surface area contributed by atoms with Gasteiger partial charge in [0, 0.05) is 21.2 Å². The minimum Gasteiger partial charge on any atom is -0.493 e. The number of benzene rings is 4. The van der Waals surface area contributed by atoms with E-state index >= 15 is 0 Å². The third-order valence-corrected chi connectivity index (χ3v) is 7.77. The molecule has 0 aliphatic carbocycles. The molecule has 0 unspecified atom stereocenters. The SMILES string of the molecule is COc1cc(/C=C2\C(=O)NC(=O)N(c3ccc(OCc4ccccc4Cl)cc3)C2=O)cc(Br)c1OCc1ccccc1Cl. The van der Waals surface area contributed by atoms with Gasteiger partial charge in [0.2, 0.25) is 0 Å². The average Bonchev–Trinajstić information content (AvgIpc) is 2.99. The summed E-state index contributed by atoms with van der Waals surface area (Å²) < 4.78 is 17.8. The molecule has 0 radical (unpaired) electrons. The Labute approximate surface area is 265 Å². The number of urea groups is 1. The first-order valence-electron chi connectivity index (χ1n) is 12.9. The zero-order valence-electron chi connectivity index (χ0n) is 22.6. The number of hydrogen-bond donors (Lipinski definition) is 1. The zero-order valence-corrected chi connectivity index (χ0v) is 25.7. The van der Waals surface area contributed by atoms with Gasteiger partial charge in [-0.15, -0.1) is 0 Å². The Balaban J connectivity index is 1.35. The van der Waals surface area contributed by atoms with Crippen LogP contribution in [-0.4, -0.2) is 25.0 Å². The summed E-state index contributed by atoms with van der Waals surface area (Å²) in [5.41, 5.74) is 2.09. The average molecular weight is 682 g/mol. The van der Waals surface area contributed by atoms with Crippen LogP contribution in [0.3, 0.4) is 0 Å². The Morgan fingerprint density at radius 1 is 0.837 bits per heavy atom. The Bertz CT molecular complexity index is 1740. The van der Waals surface area contributed by atoms with E-state index in [1.807, 2.05) is 36.4 Å². The van der Waals surface area contributed by atoms with Crippen molar-refractivity contribution in [1.29, 1.82) is 0 Å². The summed E-state index contributed by atoms with van der Waals surface area (Å²) in [5, 5.41) is 3.38. The van der Waals surface area contributed by atoms with Crippen molar-refractivity contribution in [3.8, 4) is 17.2 Å². The van der Waals surface area contributed by atoms with Gasteiger partial charge in [0.1, 0.15) is 24.5 Å². The normalized spacial score (nSPS) is 14.1. The summed E-state index contributed by atoms with van der Waals surface area (Å²) in [6, 6.07) is 23.4. The number of barbiturate groups is 1. The van der Waals surface area contributed by atoms with Gasteiger partial charge in [0.05, 0.1) is 17.3 Å². The fraction of sp³-hybridized carbons (Fsp3) is 0.0938. The maximum absolute atomic E-state index is 13.4. The van der Waals surface area contributed by atoms with Crippen LogP contribution in [0.25, 0.3) is 6.08 Å². The molecule has 1 aliphatic rings. The number of methoxy groups -OCH3 is 1. The molecule has 0 atom stereocenters. The lowest BCUT2D eigenvalue weighted by molar-refractivity contribution is -0.122. The fourth-order valence-electron chi connectivity index (χ4n) is 4.26. The molecule has 43 heavy (non-hydrogen) atoms. The fourth-order valence-corrected chi connectivity index (χ4v) is 5.21. The van der Waals surface area contributed by atoms with E-state index in [1.165, 1.54) is 13.2 Å². The van der Waals surface area contributed by atoms with E-state index in [2.05, 4.69) is 21.2 Å². The molecule has 8 nitrogen and oxygen atoms in total. The third-order valence-electron chi connectivity index (χ3n) is 6.44. The smallest absolute Gasteiger partial charge is 0.335 e. The summed E-state index contributed by atoms with van der Waals surface area (Å²) >= 11 is 15.9. The molecule has 1 N–H and O–H groups in total. The quantitative estimate of drug-likeness (QED) is 0.145. The highest BCUT2D eigenvalue weighted by molar-refractivity contribution is 9.10. The van der Waals surface area contributed by atoms with Crippen LogP contribution in [0.15, 0.2) is 95.0 Å². The van der Waals surface area contributed by atoms with E-state index in [-0.39, 0.29) is 24.5 Å². The highest BCUT2D eigenvalue weighted by Crippen LogP contribution is 2.38. The number of amides is 4. The van der Waals surface area contributed by atoms with Gasteiger partial charge < -0.3 is 14.2 Å². The molecule has 218 valence electrons. The zero-order chi connectivity index (χ0) is 30.5. The Morgan fingerprint density at radius 3 is 2.05 bits per heavy atom. The third kappa shape index (κ3) is 6.85. The largest absolute Gasteiger partial charge is 0.493 e. The lowest BCUT2D eigenvalue weighted by atomic mass is 10.1. The van der Waals surface area contributed by atoms with Crippen LogP contribution in [0.2, 0.25) is 10.0 Å². The van der Waals surface area contributed by atoms with E-state index in [9.17, 15) is 14.4 Å². The van der Waals surface area contributed by atoms with Gasteiger partial charge in [-0.25, -0.2) is 9.69 Å². The molecular formula is C32H23BrCl2N2O6. The van der Waals surface area contributed by atoms with Gasteiger partial charge in [-0.3, -0.25) is 14.9 Å². The molecule has 11 heteroatoms. The molecular weight excluding hydrogens is 659 g/mol. The van der Waals surface area contributed by atoms with Crippen LogP contribution >= 0.6 is 39.1 Å². The first-order chi connectivity index (χ1) is 20.7. The molecule has 1 saturated heterocycles. The first-order valence-corrected chi connectivity index (χ1v) is 14.4. The van der Waals surface area contributed by atoms with Crippen molar-refractivity contribution in [3.63, 3.8) is 0 Å². The number of nitrogens with zero attached hydrogens (tertiary/aromatic N) is 1. The predicted molar refractivity (Wildman–Crippen MR) is 168 cm³/mol. The van der Waals surface area contributed by atoms with Gasteiger partial charge in [-0.05, 0) is 76.1 Å². The molecule has 5 rings (SSSR count). The monoisotopic (exact) mass is 680 g/mol. The van der Waals surface area contributed by atoms with Crippen molar-refractivity contribution in [3.05, 3.63) is 122 Å². The van der Waals surface area contributed by atoms with Crippen LogP contribution in [0.1, 0.15) is 16.7 Å². The molecule has 0 saturated carbocycles. The number of anilines is 1. The van der Waals surface area contributed by atoms with E-state index in [0.29, 0.717) is 37.3 Å². The Morgan fingerprint density at radius 2 is 1.44 bits per heavy atom. The molecule has 4 amide bonds. The molecule has 1 heterocycles. The maximum Gasteiger partial charge on any atom is 0.335 e. The lowest BCUT2D eigenvalue weighted by Gasteiger charge is -2.26. The predicted octanol–water partition coefficient (Wildman–Crippen LogP) is 7.59. The van der Waals surface area contributed by atoms with Gasteiger partial charge >= 0.3 is 6.03 Å². The molecule has 0 bridgehead atoms. The van der Waals surface area contributed by atoms with E-state index in [0.717, 1.165) is 16.0 Å². The van der Waals surface area contributed by atoms with Crippen molar-refractivity contribution in [2.75, 3.05) is 12.0 Å². The molecule has 0 spiro atoms. The van der Waals surface area contributed by atoms with Crippen molar-refractivity contribution in [2.45, 2.75) is 13.2 Å². The van der Waals surface area contributed by atoms with Crippen molar-refractivity contribution < 1.29 is 28.6 Å².